The first kappa shape index (κ1) is 55.6. The van der Waals surface area contributed by atoms with E-state index in [4.69, 9.17) is 52.1 Å². The minimum atomic E-state index is 0.528. The quantitative estimate of drug-likeness (QED) is 0.0550. The highest BCUT2D eigenvalue weighted by Gasteiger charge is 1.98. The van der Waals surface area contributed by atoms with Crippen LogP contribution in [-0.4, -0.2) is 145 Å². The van der Waals surface area contributed by atoms with Crippen molar-refractivity contribution in [1.82, 2.24) is 0 Å². The van der Waals surface area contributed by atoms with E-state index in [1.54, 1.807) is 0 Å². The third kappa shape index (κ3) is 53.6. The third-order valence-corrected chi connectivity index (χ3v) is 9.25. The molecule has 0 aromatic heterocycles. The first-order chi connectivity index (χ1) is 27.9. The molecule has 0 atom stereocenters. The Balaban J connectivity index is 3.05. The second kappa shape index (κ2) is 54.6. The van der Waals surface area contributed by atoms with Crippen molar-refractivity contribution in [1.29, 1.82) is 0 Å². The lowest BCUT2D eigenvalue weighted by atomic mass is 10.0. The molecule has 0 rings (SSSR count). The molecule has 0 aliphatic rings. The fraction of sp³-hybridized carbons (Fsp3) is 1.00. The molecule has 338 valence electrons. The van der Waals surface area contributed by atoms with Gasteiger partial charge >= 0.3 is 0 Å². The standard InChI is InChI=1S/C45H92O11/c1-3-5-7-9-10-11-12-13-14-15-16-17-18-19-21-23-25-47-27-29-49-31-33-51-35-37-53-39-41-55-43-45-56-44-42-54-40-38-52-36-34-50-32-30-48-28-26-46-24-22-20-8-6-4-2/h3-45H2,1-2H3. The fourth-order valence-corrected chi connectivity index (χ4v) is 5.86. The van der Waals surface area contributed by atoms with E-state index >= 15 is 0 Å². The molecule has 56 heavy (non-hydrogen) atoms. The van der Waals surface area contributed by atoms with E-state index in [-0.39, 0.29) is 0 Å². The van der Waals surface area contributed by atoms with E-state index < -0.39 is 0 Å². The zero-order valence-electron chi connectivity index (χ0n) is 36.9. The van der Waals surface area contributed by atoms with Gasteiger partial charge in [0.2, 0.25) is 0 Å². The van der Waals surface area contributed by atoms with Crippen molar-refractivity contribution >= 4 is 0 Å². The van der Waals surface area contributed by atoms with E-state index in [2.05, 4.69) is 13.8 Å². The van der Waals surface area contributed by atoms with Crippen LogP contribution < -0.4 is 0 Å². The van der Waals surface area contributed by atoms with Crippen LogP contribution in [-0.2, 0) is 52.1 Å². The van der Waals surface area contributed by atoms with Gasteiger partial charge in [0.1, 0.15) is 0 Å². The first-order valence-electron chi connectivity index (χ1n) is 23.3. The molecule has 0 N–H and O–H groups in total. The summed E-state index contributed by atoms with van der Waals surface area (Å²) in [5, 5.41) is 0. The molecule has 0 fully saturated rings. The molecule has 0 aliphatic heterocycles. The lowest BCUT2D eigenvalue weighted by molar-refractivity contribution is -0.0275. The average Bonchev–Trinajstić information content (AvgIpc) is 3.21. The van der Waals surface area contributed by atoms with Crippen LogP contribution in [0.2, 0.25) is 0 Å². The number of hydrogen-bond acceptors (Lipinski definition) is 11. The maximum Gasteiger partial charge on any atom is 0.0701 e. The minimum absolute atomic E-state index is 0.528. The number of rotatable bonds is 53. The van der Waals surface area contributed by atoms with E-state index in [1.807, 2.05) is 0 Å². The Kier molecular flexibility index (Phi) is 54.1. The summed E-state index contributed by atoms with van der Waals surface area (Å²) in [5.74, 6) is 0. The zero-order chi connectivity index (χ0) is 40.2. The minimum Gasteiger partial charge on any atom is -0.379 e. The van der Waals surface area contributed by atoms with Gasteiger partial charge in [-0.1, -0.05) is 136 Å². The van der Waals surface area contributed by atoms with Gasteiger partial charge in [-0.2, -0.15) is 0 Å². The van der Waals surface area contributed by atoms with Gasteiger partial charge in [-0.15, -0.1) is 0 Å². The van der Waals surface area contributed by atoms with E-state index in [0.717, 1.165) is 26.1 Å². The maximum absolute atomic E-state index is 5.70. The summed E-state index contributed by atoms with van der Waals surface area (Å²) in [6.07, 6.45) is 28.5. The largest absolute Gasteiger partial charge is 0.379 e. The fourth-order valence-electron chi connectivity index (χ4n) is 5.86. The van der Waals surface area contributed by atoms with Crippen LogP contribution in [0.15, 0.2) is 0 Å². The molecule has 0 aliphatic carbocycles. The van der Waals surface area contributed by atoms with Gasteiger partial charge < -0.3 is 52.1 Å². The predicted octanol–water partition coefficient (Wildman–Crippen LogP) is 9.40. The van der Waals surface area contributed by atoms with Crippen molar-refractivity contribution in [3.05, 3.63) is 0 Å². The van der Waals surface area contributed by atoms with E-state index in [9.17, 15) is 0 Å². The van der Waals surface area contributed by atoms with Gasteiger partial charge in [0, 0.05) is 13.2 Å². The lowest BCUT2D eigenvalue weighted by Gasteiger charge is -2.09. The molecule has 0 bridgehead atoms. The second-order valence-electron chi connectivity index (χ2n) is 14.5. The third-order valence-electron chi connectivity index (χ3n) is 9.25. The van der Waals surface area contributed by atoms with Gasteiger partial charge in [-0.25, -0.2) is 0 Å². The molecule has 0 amide bonds. The van der Waals surface area contributed by atoms with Crippen LogP contribution in [0.25, 0.3) is 0 Å². The van der Waals surface area contributed by atoms with Crippen molar-refractivity contribution < 1.29 is 52.1 Å². The van der Waals surface area contributed by atoms with Crippen molar-refractivity contribution in [3.63, 3.8) is 0 Å². The summed E-state index contributed by atoms with van der Waals surface area (Å²) >= 11 is 0. The number of hydrogen-bond donors (Lipinski definition) is 0. The molecule has 0 aromatic carbocycles. The zero-order valence-corrected chi connectivity index (χ0v) is 36.9. The summed E-state index contributed by atoms with van der Waals surface area (Å²) in [6.45, 7) is 17.4. The molecule has 11 nitrogen and oxygen atoms in total. The Labute approximate surface area is 345 Å². The number of unbranched alkanes of at least 4 members (excludes halogenated alkanes) is 19. The number of ether oxygens (including phenoxy) is 11. The first-order valence-corrected chi connectivity index (χ1v) is 23.3. The normalized spacial score (nSPS) is 11.7. The molecular weight excluding hydrogens is 716 g/mol. The molecule has 0 unspecified atom stereocenters. The molecule has 0 saturated heterocycles. The summed E-state index contributed by atoms with van der Waals surface area (Å²) in [7, 11) is 0. The van der Waals surface area contributed by atoms with Crippen molar-refractivity contribution in [2.75, 3.05) is 145 Å². The smallest absolute Gasteiger partial charge is 0.0701 e. The Morgan fingerprint density at radius 2 is 0.268 bits per heavy atom. The van der Waals surface area contributed by atoms with Crippen LogP contribution in [0.3, 0.4) is 0 Å². The van der Waals surface area contributed by atoms with Crippen molar-refractivity contribution in [3.8, 4) is 0 Å². The lowest BCUT2D eigenvalue weighted by Crippen LogP contribution is -2.15. The van der Waals surface area contributed by atoms with Gasteiger partial charge in [0.15, 0.2) is 0 Å². The van der Waals surface area contributed by atoms with Crippen LogP contribution in [0.1, 0.15) is 149 Å². The molecule has 0 spiro atoms. The second-order valence-corrected chi connectivity index (χ2v) is 14.5. The monoisotopic (exact) mass is 809 g/mol. The van der Waals surface area contributed by atoms with Gasteiger partial charge in [-0.3, -0.25) is 0 Å². The summed E-state index contributed by atoms with van der Waals surface area (Å²) in [5.41, 5.74) is 0. The topological polar surface area (TPSA) is 102 Å². The highest BCUT2D eigenvalue weighted by atomic mass is 16.6. The van der Waals surface area contributed by atoms with Crippen molar-refractivity contribution in [2.45, 2.75) is 149 Å². The van der Waals surface area contributed by atoms with Gasteiger partial charge in [0.25, 0.3) is 0 Å². The van der Waals surface area contributed by atoms with Crippen molar-refractivity contribution in [2.24, 2.45) is 0 Å². The maximum atomic E-state index is 5.70. The Hall–Kier alpha value is -0.440. The average molecular weight is 809 g/mol. The van der Waals surface area contributed by atoms with Crippen LogP contribution in [0.4, 0.5) is 0 Å². The van der Waals surface area contributed by atoms with E-state index in [0.29, 0.717) is 132 Å². The van der Waals surface area contributed by atoms with Crippen LogP contribution in [0, 0.1) is 0 Å². The van der Waals surface area contributed by atoms with Gasteiger partial charge in [-0.05, 0) is 12.8 Å². The Morgan fingerprint density at radius 1 is 0.143 bits per heavy atom. The highest BCUT2D eigenvalue weighted by Crippen LogP contribution is 2.13. The molecule has 0 heterocycles. The highest BCUT2D eigenvalue weighted by molar-refractivity contribution is 4.50. The van der Waals surface area contributed by atoms with Gasteiger partial charge in [0.05, 0.1) is 132 Å². The predicted molar refractivity (Wildman–Crippen MR) is 227 cm³/mol. The Morgan fingerprint density at radius 3 is 0.429 bits per heavy atom. The molecule has 0 radical (unpaired) electrons. The van der Waals surface area contributed by atoms with Crippen LogP contribution >= 0.6 is 0 Å². The summed E-state index contributed by atoms with van der Waals surface area (Å²) in [4.78, 5) is 0. The molecule has 0 saturated carbocycles. The SMILES string of the molecule is CCCCCCCCCCCCCCCCCCOCCOCCOCCOCCOCCOCCOCCOCCOCCOCCOCCCCCCC. The molecular formula is C45H92O11. The summed E-state index contributed by atoms with van der Waals surface area (Å²) < 4.78 is 61.1. The Bertz CT molecular complexity index is 608. The summed E-state index contributed by atoms with van der Waals surface area (Å²) in [6, 6.07) is 0. The molecule has 11 heteroatoms. The molecule has 0 aromatic rings. The van der Waals surface area contributed by atoms with E-state index in [1.165, 1.54) is 122 Å². The van der Waals surface area contributed by atoms with Crippen LogP contribution in [0.5, 0.6) is 0 Å².